The molecular weight excluding hydrogens is 262 g/mol. The van der Waals surface area contributed by atoms with Crippen molar-refractivity contribution in [1.82, 2.24) is 5.32 Å². The second-order valence-corrected chi connectivity index (χ2v) is 5.55. The molecule has 1 fully saturated rings. The van der Waals surface area contributed by atoms with E-state index in [9.17, 15) is 14.7 Å². The number of aliphatic carboxylic acids is 1. The Morgan fingerprint density at radius 2 is 1.95 bits per heavy atom. The van der Waals surface area contributed by atoms with Gasteiger partial charge < -0.3 is 20.3 Å². The Bertz CT molecular complexity index is 320. The molecule has 6 heteroatoms. The minimum absolute atomic E-state index is 0.00791. The van der Waals surface area contributed by atoms with Crippen LogP contribution in [0, 0.1) is 5.41 Å². The van der Waals surface area contributed by atoms with E-state index in [1.165, 1.54) is 7.11 Å². The van der Waals surface area contributed by atoms with Crippen LogP contribution < -0.4 is 5.32 Å². The highest BCUT2D eigenvalue weighted by Gasteiger charge is 2.41. The number of methoxy groups -OCH3 is 1. The summed E-state index contributed by atoms with van der Waals surface area (Å²) in [5.74, 6) is -1.15. The first kappa shape index (κ1) is 16.9. The summed E-state index contributed by atoms with van der Waals surface area (Å²) < 4.78 is 4.98. The maximum atomic E-state index is 12.1. The summed E-state index contributed by atoms with van der Waals surface area (Å²) in [5.41, 5.74) is -0.917. The van der Waals surface area contributed by atoms with Gasteiger partial charge in [0.15, 0.2) is 0 Å². The summed E-state index contributed by atoms with van der Waals surface area (Å²) in [6.07, 6.45) is 4.28. The molecular formula is C14H25NO5. The monoisotopic (exact) mass is 287 g/mol. The minimum atomic E-state index is -0.917. The number of hydrogen-bond donors (Lipinski definition) is 3. The lowest BCUT2D eigenvalue weighted by atomic mass is 9.71. The number of aliphatic hydroxyl groups is 1. The zero-order valence-corrected chi connectivity index (χ0v) is 12.1. The van der Waals surface area contributed by atoms with Crippen molar-refractivity contribution in [3.63, 3.8) is 0 Å². The van der Waals surface area contributed by atoms with Crippen LogP contribution in [0.25, 0.3) is 0 Å². The molecule has 0 saturated heterocycles. The van der Waals surface area contributed by atoms with Gasteiger partial charge >= 0.3 is 5.97 Å². The third kappa shape index (κ3) is 4.76. The molecule has 1 saturated carbocycles. The van der Waals surface area contributed by atoms with Gasteiger partial charge in [0, 0.05) is 20.1 Å². The van der Waals surface area contributed by atoms with Crippen LogP contribution in [-0.2, 0) is 14.3 Å². The Labute approximate surface area is 119 Å². The largest absolute Gasteiger partial charge is 0.481 e. The van der Waals surface area contributed by atoms with Gasteiger partial charge in [-0.05, 0) is 19.3 Å². The lowest BCUT2D eigenvalue weighted by Crippen LogP contribution is -2.44. The third-order valence-corrected chi connectivity index (χ3v) is 3.97. The first-order valence-electron chi connectivity index (χ1n) is 7.16. The Hall–Kier alpha value is -1.14. The summed E-state index contributed by atoms with van der Waals surface area (Å²) in [6.45, 7) is 0.269. The van der Waals surface area contributed by atoms with Crippen molar-refractivity contribution in [2.24, 2.45) is 5.41 Å². The van der Waals surface area contributed by atoms with Crippen molar-refractivity contribution in [2.45, 2.75) is 51.0 Å². The standard InChI is InChI=1S/C14H25NO5/c1-20-10-11(5-8-16)15-12(17)9-14(13(18)19)6-3-2-4-7-14/h11,16H,2-10H2,1H3,(H,15,17)(H,18,19). The smallest absolute Gasteiger partial charge is 0.310 e. The van der Waals surface area contributed by atoms with E-state index in [1.54, 1.807) is 0 Å². The van der Waals surface area contributed by atoms with Crippen LogP contribution in [0.5, 0.6) is 0 Å². The molecule has 1 aliphatic carbocycles. The summed E-state index contributed by atoms with van der Waals surface area (Å²) in [6, 6.07) is -0.271. The highest BCUT2D eigenvalue weighted by atomic mass is 16.5. The van der Waals surface area contributed by atoms with Crippen molar-refractivity contribution < 1.29 is 24.5 Å². The minimum Gasteiger partial charge on any atom is -0.481 e. The molecule has 0 aromatic carbocycles. The molecule has 1 amide bonds. The van der Waals surface area contributed by atoms with E-state index in [-0.39, 0.29) is 25.0 Å². The molecule has 20 heavy (non-hydrogen) atoms. The zero-order chi connectivity index (χ0) is 15.0. The fourth-order valence-electron chi connectivity index (χ4n) is 2.84. The number of amides is 1. The van der Waals surface area contributed by atoms with Gasteiger partial charge in [0.05, 0.1) is 18.1 Å². The Morgan fingerprint density at radius 1 is 1.30 bits per heavy atom. The quantitative estimate of drug-likeness (QED) is 0.617. The maximum absolute atomic E-state index is 12.1. The van der Waals surface area contributed by atoms with E-state index >= 15 is 0 Å². The van der Waals surface area contributed by atoms with Gasteiger partial charge in [0.2, 0.25) is 5.91 Å². The number of aliphatic hydroxyl groups excluding tert-OH is 1. The number of carbonyl (C=O) groups is 2. The average molecular weight is 287 g/mol. The van der Waals surface area contributed by atoms with Crippen LogP contribution in [-0.4, -0.2) is 48.5 Å². The fraction of sp³-hybridized carbons (Fsp3) is 0.857. The first-order valence-corrected chi connectivity index (χ1v) is 7.16. The number of rotatable bonds is 8. The van der Waals surface area contributed by atoms with Crippen molar-refractivity contribution >= 4 is 11.9 Å². The van der Waals surface area contributed by atoms with E-state index in [2.05, 4.69) is 5.32 Å². The SMILES string of the molecule is COCC(CCO)NC(=O)CC1(C(=O)O)CCCCC1. The van der Waals surface area contributed by atoms with E-state index < -0.39 is 11.4 Å². The van der Waals surface area contributed by atoms with E-state index in [4.69, 9.17) is 9.84 Å². The van der Waals surface area contributed by atoms with Gasteiger partial charge in [0.1, 0.15) is 0 Å². The molecule has 1 rings (SSSR count). The lowest BCUT2D eigenvalue weighted by Gasteiger charge is -2.33. The highest BCUT2D eigenvalue weighted by Crippen LogP contribution is 2.39. The number of hydrogen-bond acceptors (Lipinski definition) is 4. The normalized spacial score (nSPS) is 19.3. The van der Waals surface area contributed by atoms with Crippen LogP contribution in [0.1, 0.15) is 44.9 Å². The van der Waals surface area contributed by atoms with Crippen molar-refractivity contribution in [3.05, 3.63) is 0 Å². The molecule has 0 radical (unpaired) electrons. The zero-order valence-electron chi connectivity index (χ0n) is 12.1. The number of carboxylic acids is 1. The molecule has 0 aliphatic heterocycles. The molecule has 3 N–H and O–H groups in total. The fourth-order valence-corrected chi connectivity index (χ4v) is 2.84. The van der Waals surface area contributed by atoms with Gasteiger partial charge in [-0.25, -0.2) is 0 Å². The highest BCUT2D eigenvalue weighted by molar-refractivity contribution is 5.85. The Morgan fingerprint density at radius 3 is 2.45 bits per heavy atom. The summed E-state index contributed by atoms with van der Waals surface area (Å²) in [7, 11) is 1.52. The average Bonchev–Trinajstić information content (AvgIpc) is 2.40. The van der Waals surface area contributed by atoms with Gasteiger partial charge in [-0.1, -0.05) is 19.3 Å². The van der Waals surface area contributed by atoms with E-state index in [0.717, 1.165) is 19.3 Å². The summed E-state index contributed by atoms with van der Waals surface area (Å²) in [4.78, 5) is 23.6. The first-order chi connectivity index (χ1) is 9.54. The maximum Gasteiger partial charge on any atom is 0.310 e. The van der Waals surface area contributed by atoms with Gasteiger partial charge in [-0.15, -0.1) is 0 Å². The second kappa shape index (κ2) is 8.21. The van der Waals surface area contributed by atoms with Gasteiger partial charge in [-0.3, -0.25) is 9.59 Å². The Kier molecular flexibility index (Phi) is 6.95. The molecule has 0 bridgehead atoms. The van der Waals surface area contributed by atoms with Crippen molar-refractivity contribution in [3.8, 4) is 0 Å². The van der Waals surface area contributed by atoms with E-state index in [1.807, 2.05) is 0 Å². The predicted molar refractivity (Wildman–Crippen MR) is 73.3 cm³/mol. The molecule has 116 valence electrons. The van der Waals surface area contributed by atoms with Crippen LogP contribution >= 0.6 is 0 Å². The van der Waals surface area contributed by atoms with Crippen molar-refractivity contribution in [2.75, 3.05) is 20.3 Å². The molecule has 0 aromatic heterocycles. The number of carboxylic acid groups (broad SMARTS) is 1. The molecule has 0 aromatic rings. The van der Waals surface area contributed by atoms with Crippen LogP contribution in [0.2, 0.25) is 0 Å². The second-order valence-electron chi connectivity index (χ2n) is 5.55. The number of carbonyl (C=O) groups excluding carboxylic acids is 1. The molecule has 6 nitrogen and oxygen atoms in total. The topological polar surface area (TPSA) is 95.9 Å². The van der Waals surface area contributed by atoms with Crippen LogP contribution in [0.15, 0.2) is 0 Å². The van der Waals surface area contributed by atoms with Crippen molar-refractivity contribution in [1.29, 1.82) is 0 Å². The summed E-state index contributed by atoms with van der Waals surface area (Å²) >= 11 is 0. The lowest BCUT2D eigenvalue weighted by molar-refractivity contribution is -0.154. The van der Waals surface area contributed by atoms with Crippen LogP contribution in [0.3, 0.4) is 0 Å². The van der Waals surface area contributed by atoms with Crippen LogP contribution in [0.4, 0.5) is 0 Å². The predicted octanol–water partition coefficient (Wildman–Crippen LogP) is 0.925. The number of ether oxygens (including phenoxy) is 1. The Balaban J connectivity index is 2.59. The third-order valence-electron chi connectivity index (χ3n) is 3.97. The molecule has 1 atom stereocenters. The van der Waals surface area contributed by atoms with Gasteiger partial charge in [-0.2, -0.15) is 0 Å². The molecule has 0 spiro atoms. The number of nitrogens with one attached hydrogen (secondary N) is 1. The molecule has 0 heterocycles. The van der Waals surface area contributed by atoms with Gasteiger partial charge in [0.25, 0.3) is 0 Å². The summed E-state index contributed by atoms with van der Waals surface area (Å²) in [5, 5.41) is 21.1. The molecule has 1 unspecified atom stereocenters. The van der Waals surface area contributed by atoms with E-state index in [0.29, 0.717) is 25.9 Å². The molecule has 1 aliphatic rings.